The minimum atomic E-state index is 0.217. The van der Waals surface area contributed by atoms with Gasteiger partial charge in [-0.15, -0.1) is 11.3 Å². The van der Waals surface area contributed by atoms with Gasteiger partial charge in [0.2, 0.25) is 0 Å². The molecule has 3 heteroatoms. The Morgan fingerprint density at radius 2 is 2.00 bits per heavy atom. The third-order valence-electron chi connectivity index (χ3n) is 3.67. The van der Waals surface area contributed by atoms with Crippen molar-refractivity contribution in [2.24, 2.45) is 5.73 Å². The highest BCUT2D eigenvalue weighted by atomic mass is 32.1. The summed E-state index contributed by atoms with van der Waals surface area (Å²) in [6.45, 7) is 4.30. The summed E-state index contributed by atoms with van der Waals surface area (Å²) in [5, 5.41) is 1.22. The van der Waals surface area contributed by atoms with Crippen LogP contribution >= 0.6 is 11.3 Å². The number of hydrogen-bond acceptors (Lipinski definition) is 3. The highest BCUT2D eigenvalue weighted by Crippen LogP contribution is 2.33. The maximum Gasteiger partial charge on any atom is 0.0975 e. The van der Waals surface area contributed by atoms with E-state index in [1.807, 2.05) is 11.3 Å². The molecule has 0 aliphatic heterocycles. The number of thiazole rings is 1. The Kier molecular flexibility index (Phi) is 3.42. The zero-order valence-corrected chi connectivity index (χ0v) is 12.4. The molecular formula is C16H20N2S. The Labute approximate surface area is 118 Å². The molecule has 1 aromatic carbocycles. The molecule has 1 unspecified atom stereocenters. The fraction of sp³-hybridized carbons (Fsp3) is 0.438. The van der Waals surface area contributed by atoms with E-state index in [1.54, 1.807) is 0 Å². The molecule has 1 atom stereocenters. The monoisotopic (exact) mass is 272 g/mol. The average Bonchev–Trinajstić information content (AvgIpc) is 2.71. The van der Waals surface area contributed by atoms with E-state index in [1.165, 1.54) is 38.7 Å². The van der Waals surface area contributed by atoms with Crippen LogP contribution < -0.4 is 5.73 Å². The van der Waals surface area contributed by atoms with Crippen LogP contribution in [-0.4, -0.2) is 4.98 Å². The lowest BCUT2D eigenvalue weighted by Gasteiger charge is -2.15. The summed E-state index contributed by atoms with van der Waals surface area (Å²) in [6, 6.07) is 6.95. The van der Waals surface area contributed by atoms with Crippen LogP contribution in [0.1, 0.15) is 51.2 Å². The number of nitrogens with zero attached hydrogens (tertiary/aromatic N) is 1. The Balaban J connectivity index is 1.87. The van der Waals surface area contributed by atoms with Gasteiger partial charge in [-0.3, -0.25) is 0 Å². The molecule has 0 fully saturated rings. The molecule has 1 heterocycles. The van der Waals surface area contributed by atoms with Gasteiger partial charge in [0, 0.05) is 17.3 Å². The van der Waals surface area contributed by atoms with Crippen LogP contribution in [0.25, 0.3) is 0 Å². The molecule has 2 N–H and O–H groups in total. The summed E-state index contributed by atoms with van der Waals surface area (Å²) in [4.78, 5) is 6.12. The zero-order valence-electron chi connectivity index (χ0n) is 11.6. The Bertz CT molecular complexity index is 581. The molecule has 100 valence electrons. The minimum absolute atomic E-state index is 0.217. The molecule has 0 radical (unpaired) electrons. The van der Waals surface area contributed by atoms with Crippen molar-refractivity contribution in [2.45, 2.75) is 45.6 Å². The van der Waals surface area contributed by atoms with Gasteiger partial charge in [0.15, 0.2) is 0 Å². The molecule has 1 aliphatic rings. The van der Waals surface area contributed by atoms with Gasteiger partial charge in [-0.05, 0) is 38.7 Å². The van der Waals surface area contributed by atoms with E-state index in [4.69, 9.17) is 10.7 Å². The number of rotatable bonds is 2. The van der Waals surface area contributed by atoms with Crippen molar-refractivity contribution in [1.29, 1.82) is 0 Å². The van der Waals surface area contributed by atoms with Gasteiger partial charge in [-0.25, -0.2) is 4.98 Å². The molecule has 0 bridgehead atoms. The lowest BCUT2D eigenvalue weighted by molar-refractivity contribution is 0.573. The fourth-order valence-electron chi connectivity index (χ4n) is 2.92. The van der Waals surface area contributed by atoms with Crippen molar-refractivity contribution in [2.75, 3.05) is 0 Å². The topological polar surface area (TPSA) is 38.9 Å². The fourth-order valence-corrected chi connectivity index (χ4v) is 4.11. The first-order valence-corrected chi connectivity index (χ1v) is 7.74. The first-order valence-electron chi connectivity index (χ1n) is 6.93. The van der Waals surface area contributed by atoms with Crippen molar-refractivity contribution >= 4 is 11.3 Å². The predicted molar refractivity (Wildman–Crippen MR) is 80.7 cm³/mol. The van der Waals surface area contributed by atoms with Gasteiger partial charge in [-0.2, -0.15) is 0 Å². The summed E-state index contributed by atoms with van der Waals surface area (Å²) < 4.78 is 0. The number of fused-ring (bicyclic) bond motifs is 1. The number of nitrogens with two attached hydrogens (primary N) is 1. The standard InChI is InChI=1S/C16H20N2S/c1-10-6-11(2)8-12(7-10)9-15-18-14-5-3-4-13(17)16(14)19-15/h6-8,13H,3-5,9,17H2,1-2H3. The number of hydrogen-bond donors (Lipinski definition) is 1. The first-order chi connectivity index (χ1) is 9.11. The summed E-state index contributed by atoms with van der Waals surface area (Å²) in [6.07, 6.45) is 4.33. The van der Waals surface area contributed by atoms with Gasteiger partial charge in [0.05, 0.1) is 10.7 Å². The van der Waals surface area contributed by atoms with Gasteiger partial charge < -0.3 is 5.73 Å². The van der Waals surface area contributed by atoms with Crippen LogP contribution in [0.15, 0.2) is 18.2 Å². The largest absolute Gasteiger partial charge is 0.323 e. The van der Waals surface area contributed by atoms with Crippen molar-refractivity contribution in [3.8, 4) is 0 Å². The Morgan fingerprint density at radius 1 is 1.26 bits per heavy atom. The maximum atomic E-state index is 6.17. The van der Waals surface area contributed by atoms with Gasteiger partial charge in [0.1, 0.15) is 0 Å². The van der Waals surface area contributed by atoms with Crippen LogP contribution in [-0.2, 0) is 12.8 Å². The van der Waals surface area contributed by atoms with Crippen LogP contribution in [0.5, 0.6) is 0 Å². The number of aromatic nitrogens is 1. The second-order valence-electron chi connectivity index (χ2n) is 5.59. The third kappa shape index (κ3) is 2.72. The molecule has 3 rings (SSSR count). The smallest absolute Gasteiger partial charge is 0.0975 e. The van der Waals surface area contributed by atoms with Gasteiger partial charge in [0.25, 0.3) is 0 Å². The average molecular weight is 272 g/mol. The molecule has 2 aromatic rings. The molecule has 0 saturated carbocycles. The predicted octanol–water partition coefficient (Wildman–Crippen LogP) is 3.69. The molecular weight excluding hydrogens is 252 g/mol. The molecule has 0 saturated heterocycles. The quantitative estimate of drug-likeness (QED) is 0.905. The van der Waals surface area contributed by atoms with Crippen molar-refractivity contribution in [3.05, 3.63) is 50.5 Å². The maximum absolute atomic E-state index is 6.17. The zero-order chi connectivity index (χ0) is 13.4. The molecule has 1 aromatic heterocycles. The van der Waals surface area contributed by atoms with E-state index >= 15 is 0 Å². The SMILES string of the molecule is Cc1cc(C)cc(Cc2nc3c(s2)C(N)CCC3)c1. The highest BCUT2D eigenvalue weighted by molar-refractivity contribution is 7.11. The van der Waals surface area contributed by atoms with Crippen LogP contribution in [0.2, 0.25) is 0 Å². The van der Waals surface area contributed by atoms with E-state index in [2.05, 4.69) is 32.0 Å². The highest BCUT2D eigenvalue weighted by Gasteiger charge is 2.21. The van der Waals surface area contributed by atoms with Crippen LogP contribution in [0.3, 0.4) is 0 Å². The lowest BCUT2D eigenvalue weighted by Crippen LogP contribution is -2.15. The second-order valence-corrected chi connectivity index (χ2v) is 6.71. The van der Waals surface area contributed by atoms with Crippen molar-refractivity contribution < 1.29 is 0 Å². The molecule has 1 aliphatic carbocycles. The third-order valence-corrected chi connectivity index (χ3v) is 4.90. The van der Waals surface area contributed by atoms with Gasteiger partial charge >= 0.3 is 0 Å². The van der Waals surface area contributed by atoms with Gasteiger partial charge in [-0.1, -0.05) is 29.3 Å². The van der Waals surface area contributed by atoms with E-state index in [9.17, 15) is 0 Å². The molecule has 0 amide bonds. The molecule has 2 nitrogen and oxygen atoms in total. The number of aryl methyl sites for hydroxylation is 3. The van der Waals surface area contributed by atoms with E-state index in [0.717, 1.165) is 19.3 Å². The Morgan fingerprint density at radius 3 is 2.68 bits per heavy atom. The summed E-state index contributed by atoms with van der Waals surface area (Å²) in [5.41, 5.74) is 11.4. The first kappa shape index (κ1) is 12.8. The second kappa shape index (κ2) is 5.06. The van der Waals surface area contributed by atoms with E-state index in [0.29, 0.717) is 0 Å². The summed E-state index contributed by atoms with van der Waals surface area (Å²) in [5.74, 6) is 0. The van der Waals surface area contributed by atoms with E-state index < -0.39 is 0 Å². The molecule has 0 spiro atoms. The van der Waals surface area contributed by atoms with Crippen LogP contribution in [0.4, 0.5) is 0 Å². The minimum Gasteiger partial charge on any atom is -0.323 e. The summed E-state index contributed by atoms with van der Waals surface area (Å²) >= 11 is 1.81. The normalized spacial score (nSPS) is 18.4. The molecule has 19 heavy (non-hydrogen) atoms. The number of benzene rings is 1. The lowest BCUT2D eigenvalue weighted by atomic mass is 9.99. The summed E-state index contributed by atoms with van der Waals surface area (Å²) in [7, 11) is 0. The van der Waals surface area contributed by atoms with Crippen LogP contribution in [0, 0.1) is 13.8 Å². The Hall–Kier alpha value is -1.19. The van der Waals surface area contributed by atoms with Crippen molar-refractivity contribution in [3.63, 3.8) is 0 Å². The van der Waals surface area contributed by atoms with Crippen molar-refractivity contribution in [1.82, 2.24) is 4.98 Å². The van der Waals surface area contributed by atoms with E-state index in [-0.39, 0.29) is 6.04 Å².